The topological polar surface area (TPSA) is 50.9 Å². The normalized spacial score (nSPS) is 12.0. The first-order valence-corrected chi connectivity index (χ1v) is 6.17. The zero-order chi connectivity index (χ0) is 11.8. The fraction of sp³-hybridized carbons (Fsp3) is 0.417. The molecule has 4 heteroatoms. The average molecular weight is 235 g/mol. The Morgan fingerprint density at radius 3 is 2.81 bits per heavy atom. The van der Waals surface area contributed by atoms with Gasteiger partial charge in [-0.3, -0.25) is 0 Å². The van der Waals surface area contributed by atoms with E-state index in [0.29, 0.717) is 6.54 Å². The molecule has 0 radical (unpaired) electrons. The Bertz CT molecular complexity index is 496. The first-order valence-electron chi connectivity index (χ1n) is 5.35. The predicted octanol–water partition coefficient (Wildman–Crippen LogP) is 2.97. The molecule has 16 heavy (non-hydrogen) atoms. The highest BCUT2D eigenvalue weighted by Gasteiger charge is 2.13. The molecule has 2 aromatic rings. The minimum atomic E-state index is 0.0220. The van der Waals surface area contributed by atoms with Crippen molar-refractivity contribution in [2.45, 2.75) is 32.9 Å². The van der Waals surface area contributed by atoms with Crippen LogP contribution in [0.2, 0.25) is 0 Å². The van der Waals surface area contributed by atoms with E-state index in [1.807, 2.05) is 12.3 Å². The van der Waals surface area contributed by atoms with Gasteiger partial charge in [-0.1, -0.05) is 0 Å². The molecule has 2 rings (SSSR count). The molecule has 3 nitrogen and oxygen atoms in total. The molecular formula is C12H17N3S. The lowest BCUT2D eigenvalue weighted by atomic mass is 10.1. The Labute approximate surface area is 99.7 Å². The standard InChI is InChI=1S/C12H17N3S/c1-12(2,3)15-11-10-8(4-5-14-11)6-9(7-13)16-10/h4-6H,7,13H2,1-3H3,(H,14,15). The Morgan fingerprint density at radius 1 is 1.44 bits per heavy atom. The molecule has 0 aliphatic rings. The Morgan fingerprint density at radius 2 is 2.19 bits per heavy atom. The fourth-order valence-corrected chi connectivity index (χ4v) is 2.54. The summed E-state index contributed by atoms with van der Waals surface area (Å²) in [7, 11) is 0. The van der Waals surface area contributed by atoms with Gasteiger partial charge in [0.2, 0.25) is 0 Å². The summed E-state index contributed by atoms with van der Waals surface area (Å²) in [5.74, 6) is 0.953. The number of pyridine rings is 1. The number of nitrogens with one attached hydrogen (secondary N) is 1. The maximum atomic E-state index is 5.66. The van der Waals surface area contributed by atoms with Crippen molar-refractivity contribution in [3.63, 3.8) is 0 Å². The molecule has 0 fully saturated rings. The molecular weight excluding hydrogens is 218 g/mol. The SMILES string of the molecule is CC(C)(C)Nc1nccc2cc(CN)sc12. The van der Waals surface area contributed by atoms with Crippen LogP contribution >= 0.6 is 11.3 Å². The first kappa shape index (κ1) is 11.4. The van der Waals surface area contributed by atoms with Crippen LogP contribution in [0.15, 0.2) is 18.3 Å². The molecule has 0 saturated carbocycles. The zero-order valence-corrected chi connectivity index (χ0v) is 10.7. The van der Waals surface area contributed by atoms with Gasteiger partial charge in [-0.05, 0) is 38.3 Å². The number of nitrogens with two attached hydrogens (primary N) is 1. The zero-order valence-electron chi connectivity index (χ0n) is 9.87. The average Bonchev–Trinajstić information content (AvgIpc) is 2.59. The molecule has 0 amide bonds. The van der Waals surface area contributed by atoms with E-state index in [2.05, 4.69) is 37.1 Å². The van der Waals surface area contributed by atoms with Gasteiger partial charge in [0.05, 0.1) is 4.70 Å². The summed E-state index contributed by atoms with van der Waals surface area (Å²) in [6, 6.07) is 4.16. The molecule has 2 aromatic heterocycles. The van der Waals surface area contributed by atoms with Crippen LogP contribution in [0, 0.1) is 0 Å². The summed E-state index contributed by atoms with van der Waals surface area (Å²) < 4.78 is 1.19. The summed E-state index contributed by atoms with van der Waals surface area (Å²) in [5, 5.41) is 4.64. The molecule has 2 heterocycles. The summed E-state index contributed by atoms with van der Waals surface area (Å²) >= 11 is 1.71. The van der Waals surface area contributed by atoms with Gasteiger partial charge in [-0.15, -0.1) is 11.3 Å². The van der Waals surface area contributed by atoms with Gasteiger partial charge in [-0.2, -0.15) is 0 Å². The Hall–Kier alpha value is -1.13. The molecule has 0 saturated heterocycles. The summed E-state index contributed by atoms with van der Waals surface area (Å²) in [4.78, 5) is 5.59. The van der Waals surface area contributed by atoms with Gasteiger partial charge in [0.25, 0.3) is 0 Å². The van der Waals surface area contributed by atoms with Crippen LogP contribution in [-0.2, 0) is 6.54 Å². The van der Waals surface area contributed by atoms with Gasteiger partial charge < -0.3 is 11.1 Å². The molecule has 0 bridgehead atoms. The van der Waals surface area contributed by atoms with E-state index in [4.69, 9.17) is 5.73 Å². The number of hydrogen-bond donors (Lipinski definition) is 2. The van der Waals surface area contributed by atoms with Crippen LogP contribution in [0.25, 0.3) is 10.1 Å². The number of anilines is 1. The third-order valence-electron chi connectivity index (χ3n) is 2.18. The largest absolute Gasteiger partial charge is 0.364 e. The van der Waals surface area contributed by atoms with Crippen LogP contribution < -0.4 is 11.1 Å². The lowest BCUT2D eigenvalue weighted by Crippen LogP contribution is -2.26. The number of nitrogens with zero attached hydrogens (tertiary/aromatic N) is 1. The molecule has 0 atom stereocenters. The second-order valence-corrected chi connectivity index (χ2v) is 6.01. The number of rotatable bonds is 2. The van der Waals surface area contributed by atoms with E-state index < -0.39 is 0 Å². The molecule has 3 N–H and O–H groups in total. The van der Waals surface area contributed by atoms with E-state index >= 15 is 0 Å². The van der Waals surface area contributed by atoms with Crippen molar-refractivity contribution in [3.8, 4) is 0 Å². The van der Waals surface area contributed by atoms with E-state index in [-0.39, 0.29) is 5.54 Å². The van der Waals surface area contributed by atoms with Crippen molar-refractivity contribution in [3.05, 3.63) is 23.2 Å². The van der Waals surface area contributed by atoms with Crippen molar-refractivity contribution in [1.82, 2.24) is 4.98 Å². The quantitative estimate of drug-likeness (QED) is 0.841. The van der Waals surface area contributed by atoms with Crippen molar-refractivity contribution >= 4 is 27.2 Å². The second kappa shape index (κ2) is 4.03. The van der Waals surface area contributed by atoms with Gasteiger partial charge in [-0.25, -0.2) is 4.98 Å². The molecule has 0 unspecified atom stereocenters. The Kier molecular flexibility index (Phi) is 2.86. The second-order valence-electron chi connectivity index (χ2n) is 4.87. The lowest BCUT2D eigenvalue weighted by Gasteiger charge is -2.21. The summed E-state index contributed by atoms with van der Waals surface area (Å²) in [6.07, 6.45) is 1.84. The highest BCUT2D eigenvalue weighted by atomic mass is 32.1. The van der Waals surface area contributed by atoms with Crippen molar-refractivity contribution in [2.24, 2.45) is 5.73 Å². The molecule has 0 aliphatic heterocycles. The van der Waals surface area contributed by atoms with Crippen LogP contribution in [0.1, 0.15) is 25.6 Å². The molecule has 0 aromatic carbocycles. The number of aromatic nitrogens is 1. The van der Waals surface area contributed by atoms with Gasteiger partial charge in [0.15, 0.2) is 0 Å². The minimum Gasteiger partial charge on any atom is -0.364 e. The first-order chi connectivity index (χ1) is 7.49. The summed E-state index contributed by atoms with van der Waals surface area (Å²) in [6.45, 7) is 6.98. The van der Waals surface area contributed by atoms with Gasteiger partial charge in [0.1, 0.15) is 5.82 Å². The van der Waals surface area contributed by atoms with Crippen molar-refractivity contribution in [2.75, 3.05) is 5.32 Å². The highest BCUT2D eigenvalue weighted by Crippen LogP contribution is 2.31. The number of hydrogen-bond acceptors (Lipinski definition) is 4. The van der Waals surface area contributed by atoms with Crippen LogP contribution in [0.3, 0.4) is 0 Å². The molecule has 0 spiro atoms. The van der Waals surface area contributed by atoms with Gasteiger partial charge in [0, 0.05) is 23.2 Å². The molecule has 86 valence electrons. The molecule has 0 aliphatic carbocycles. The van der Waals surface area contributed by atoms with Crippen LogP contribution in [-0.4, -0.2) is 10.5 Å². The highest BCUT2D eigenvalue weighted by molar-refractivity contribution is 7.19. The van der Waals surface area contributed by atoms with Crippen molar-refractivity contribution in [1.29, 1.82) is 0 Å². The summed E-state index contributed by atoms with van der Waals surface area (Å²) in [5.41, 5.74) is 5.68. The van der Waals surface area contributed by atoms with Crippen LogP contribution in [0.4, 0.5) is 5.82 Å². The third-order valence-corrected chi connectivity index (χ3v) is 3.36. The lowest BCUT2D eigenvalue weighted by molar-refractivity contribution is 0.632. The monoisotopic (exact) mass is 235 g/mol. The van der Waals surface area contributed by atoms with Crippen molar-refractivity contribution < 1.29 is 0 Å². The van der Waals surface area contributed by atoms with E-state index in [0.717, 1.165) is 5.82 Å². The number of fused-ring (bicyclic) bond motifs is 1. The van der Waals surface area contributed by atoms with E-state index in [9.17, 15) is 0 Å². The minimum absolute atomic E-state index is 0.0220. The van der Waals surface area contributed by atoms with Gasteiger partial charge >= 0.3 is 0 Å². The smallest absolute Gasteiger partial charge is 0.144 e. The third kappa shape index (κ3) is 2.33. The van der Waals surface area contributed by atoms with E-state index in [1.54, 1.807) is 11.3 Å². The fourth-order valence-electron chi connectivity index (χ4n) is 1.56. The maximum Gasteiger partial charge on any atom is 0.144 e. The predicted molar refractivity (Wildman–Crippen MR) is 70.9 cm³/mol. The van der Waals surface area contributed by atoms with E-state index in [1.165, 1.54) is 15.0 Å². The maximum absolute atomic E-state index is 5.66. The Balaban J connectivity index is 2.48. The number of thiophene rings is 1. The van der Waals surface area contributed by atoms with Crippen LogP contribution in [0.5, 0.6) is 0 Å².